The Morgan fingerprint density at radius 2 is 0.948 bits per heavy atom. The first-order valence-electron chi connectivity index (χ1n) is 32.1. The van der Waals surface area contributed by atoms with Crippen LogP contribution in [0.25, 0.3) is 0 Å². The molecule has 0 saturated carbocycles. The molecular weight excluding hydrogens is 967 g/mol. The number of aliphatic hydroxyl groups excluding tert-OH is 5. The van der Waals surface area contributed by atoms with Gasteiger partial charge in [0.05, 0.1) is 25.4 Å². The molecule has 1 aliphatic rings. The van der Waals surface area contributed by atoms with Crippen molar-refractivity contribution < 1.29 is 49.3 Å². The molecule has 1 rings (SSSR count). The average molecular weight is 1090 g/mol. The van der Waals surface area contributed by atoms with Gasteiger partial charge in [0.1, 0.15) is 24.4 Å². The van der Waals surface area contributed by atoms with E-state index in [1.54, 1.807) is 6.08 Å². The van der Waals surface area contributed by atoms with Gasteiger partial charge in [-0.2, -0.15) is 0 Å². The standard InChI is InChI=1S/C66H119NO10/c1-4-7-10-13-16-19-22-25-26-27-28-29-30-31-32-33-36-38-41-44-47-50-53-59(70)65(74)67-57(58(69)52-49-46-43-40-37-34-23-20-17-14-11-8-5-2)56-75-66-64(63(73)62(72)60(55-68)76-66)77-61(71)54-51-48-45-42-39-35-24-21-18-15-12-9-6-3/h9,12,15,18,21,24-26,49,52,57-60,62-64,66,68-70,72-73H,4-8,10-11,13-14,16-17,19-20,22-23,27-48,50-51,53-56H2,1-3H3,(H,67,74)/b12-9+,18-15+,24-21-,26-25+,52-49+. The Morgan fingerprint density at radius 1 is 0.519 bits per heavy atom. The van der Waals surface area contributed by atoms with Gasteiger partial charge in [0, 0.05) is 6.42 Å². The molecule has 1 aliphatic heterocycles. The number of carbonyl (C=O) groups is 2. The van der Waals surface area contributed by atoms with E-state index < -0.39 is 67.4 Å². The number of ether oxygens (including phenoxy) is 3. The second-order valence-electron chi connectivity index (χ2n) is 22.2. The van der Waals surface area contributed by atoms with Gasteiger partial charge < -0.3 is 45.1 Å². The molecule has 0 radical (unpaired) electrons. The number of allylic oxidation sites excluding steroid dienone is 9. The van der Waals surface area contributed by atoms with Crippen LogP contribution in [0.1, 0.15) is 284 Å². The van der Waals surface area contributed by atoms with E-state index >= 15 is 0 Å². The summed E-state index contributed by atoms with van der Waals surface area (Å²) >= 11 is 0. The van der Waals surface area contributed by atoms with Gasteiger partial charge in [-0.05, 0) is 70.6 Å². The summed E-state index contributed by atoms with van der Waals surface area (Å²) in [5, 5.41) is 57.0. The highest BCUT2D eigenvalue weighted by atomic mass is 16.7. The van der Waals surface area contributed by atoms with Crippen molar-refractivity contribution in [1.82, 2.24) is 5.32 Å². The van der Waals surface area contributed by atoms with Crippen LogP contribution in [0.4, 0.5) is 0 Å². The molecule has 1 saturated heterocycles. The van der Waals surface area contributed by atoms with Crippen LogP contribution in [-0.2, 0) is 23.8 Å². The summed E-state index contributed by atoms with van der Waals surface area (Å²) in [5.74, 6) is -1.21. The summed E-state index contributed by atoms with van der Waals surface area (Å²) in [5.41, 5.74) is 0. The summed E-state index contributed by atoms with van der Waals surface area (Å²) < 4.78 is 17.6. The first-order chi connectivity index (χ1) is 37.7. The van der Waals surface area contributed by atoms with Crippen molar-refractivity contribution in [3.05, 3.63) is 60.8 Å². The molecule has 6 N–H and O–H groups in total. The molecule has 8 atom stereocenters. The molecule has 0 bridgehead atoms. The van der Waals surface area contributed by atoms with Crippen LogP contribution in [0.15, 0.2) is 60.8 Å². The zero-order valence-electron chi connectivity index (χ0n) is 49.6. The van der Waals surface area contributed by atoms with Gasteiger partial charge in [0.25, 0.3) is 0 Å². The lowest BCUT2D eigenvalue weighted by atomic mass is 9.99. The zero-order chi connectivity index (χ0) is 56.1. The fourth-order valence-electron chi connectivity index (χ4n) is 9.88. The summed E-state index contributed by atoms with van der Waals surface area (Å²) in [6.45, 7) is 5.66. The summed E-state index contributed by atoms with van der Waals surface area (Å²) in [6, 6.07) is -1.03. The maximum absolute atomic E-state index is 13.4. The maximum atomic E-state index is 13.4. The van der Waals surface area contributed by atoms with Gasteiger partial charge in [-0.3, -0.25) is 9.59 Å². The van der Waals surface area contributed by atoms with Crippen LogP contribution in [-0.4, -0.2) is 99.6 Å². The minimum absolute atomic E-state index is 0.1000. The maximum Gasteiger partial charge on any atom is 0.306 e. The van der Waals surface area contributed by atoms with Crippen LogP contribution in [0.5, 0.6) is 0 Å². The van der Waals surface area contributed by atoms with Gasteiger partial charge >= 0.3 is 5.97 Å². The van der Waals surface area contributed by atoms with E-state index in [1.165, 1.54) is 161 Å². The predicted molar refractivity (Wildman–Crippen MR) is 320 cm³/mol. The Hall–Kier alpha value is -2.64. The number of rotatable bonds is 54. The van der Waals surface area contributed by atoms with Crippen molar-refractivity contribution in [3.63, 3.8) is 0 Å². The van der Waals surface area contributed by atoms with E-state index in [0.29, 0.717) is 12.8 Å². The van der Waals surface area contributed by atoms with Crippen molar-refractivity contribution in [2.24, 2.45) is 0 Å². The minimum Gasteiger partial charge on any atom is -0.454 e. The van der Waals surface area contributed by atoms with Crippen LogP contribution in [0, 0.1) is 0 Å². The quantitative estimate of drug-likeness (QED) is 0.0149. The van der Waals surface area contributed by atoms with Crippen LogP contribution < -0.4 is 5.32 Å². The third-order valence-electron chi connectivity index (χ3n) is 15.0. The SMILES string of the molecule is CC/C=C/C=C/C=C\CCCCCCCC(=O)OC1C(OCC(NC(=O)C(O)CCCCCCCCCCCCCC/C=C/CCCCCCCC)C(O)/C=C/CCCCCCCCCCCCC)OC(CO)C(O)C1O. The Labute approximate surface area is 471 Å². The normalized spacial score (nSPS) is 19.4. The number of esters is 1. The number of carbonyl (C=O) groups excluding carboxylic acids is 2. The number of hydrogen-bond donors (Lipinski definition) is 6. The smallest absolute Gasteiger partial charge is 0.306 e. The molecule has 0 spiro atoms. The van der Waals surface area contributed by atoms with Gasteiger partial charge in [-0.15, -0.1) is 0 Å². The Balaban J connectivity index is 2.64. The van der Waals surface area contributed by atoms with Crippen molar-refractivity contribution in [3.8, 4) is 0 Å². The summed E-state index contributed by atoms with van der Waals surface area (Å²) in [4.78, 5) is 26.5. The predicted octanol–water partition coefficient (Wildman–Crippen LogP) is 15.4. The highest BCUT2D eigenvalue weighted by molar-refractivity contribution is 5.80. The van der Waals surface area contributed by atoms with E-state index in [0.717, 1.165) is 77.0 Å². The summed E-state index contributed by atoms with van der Waals surface area (Å²) in [6.07, 6.45) is 57.0. The first-order valence-corrected chi connectivity index (χ1v) is 32.1. The Kier molecular flexibility index (Phi) is 50.7. The van der Waals surface area contributed by atoms with Gasteiger partial charge in [-0.1, -0.05) is 268 Å². The molecule has 11 nitrogen and oxygen atoms in total. The molecule has 1 heterocycles. The molecular formula is C66H119NO10. The fourth-order valence-corrected chi connectivity index (χ4v) is 9.88. The third-order valence-corrected chi connectivity index (χ3v) is 15.0. The van der Waals surface area contributed by atoms with Gasteiger partial charge in [0.2, 0.25) is 5.91 Å². The largest absolute Gasteiger partial charge is 0.454 e. The average Bonchev–Trinajstić information content (AvgIpc) is 3.43. The van der Waals surface area contributed by atoms with Crippen molar-refractivity contribution in [2.75, 3.05) is 13.2 Å². The van der Waals surface area contributed by atoms with E-state index in [2.05, 4.69) is 56.5 Å². The lowest BCUT2D eigenvalue weighted by Gasteiger charge is -2.41. The van der Waals surface area contributed by atoms with E-state index in [4.69, 9.17) is 14.2 Å². The molecule has 448 valence electrons. The molecule has 1 amide bonds. The molecule has 8 unspecified atom stereocenters. The fraction of sp³-hybridized carbons (Fsp3) is 0.818. The van der Waals surface area contributed by atoms with E-state index in [9.17, 15) is 35.1 Å². The van der Waals surface area contributed by atoms with Crippen LogP contribution in [0.2, 0.25) is 0 Å². The molecule has 0 aromatic heterocycles. The Morgan fingerprint density at radius 3 is 1.43 bits per heavy atom. The highest BCUT2D eigenvalue weighted by Gasteiger charge is 2.47. The van der Waals surface area contributed by atoms with Gasteiger partial charge in [-0.25, -0.2) is 0 Å². The second-order valence-corrected chi connectivity index (χ2v) is 22.2. The monoisotopic (exact) mass is 1090 g/mol. The third kappa shape index (κ3) is 42.0. The number of nitrogens with one attached hydrogen (secondary N) is 1. The first kappa shape index (κ1) is 72.4. The minimum atomic E-state index is -1.62. The van der Waals surface area contributed by atoms with Gasteiger partial charge in [0.15, 0.2) is 12.4 Å². The molecule has 0 aromatic rings. The number of aliphatic hydroxyl groups is 5. The molecule has 0 aromatic carbocycles. The van der Waals surface area contributed by atoms with E-state index in [1.807, 2.05) is 24.3 Å². The molecule has 11 heteroatoms. The van der Waals surface area contributed by atoms with Crippen LogP contribution >= 0.6 is 0 Å². The summed E-state index contributed by atoms with van der Waals surface area (Å²) in [7, 11) is 0. The number of unbranched alkanes of at least 4 members (excludes halogenated alkanes) is 34. The van der Waals surface area contributed by atoms with Crippen molar-refractivity contribution in [2.45, 2.75) is 333 Å². The second kappa shape index (κ2) is 54.0. The lowest BCUT2D eigenvalue weighted by molar-refractivity contribution is -0.305. The Bertz CT molecular complexity index is 1480. The molecule has 77 heavy (non-hydrogen) atoms. The number of hydrogen-bond acceptors (Lipinski definition) is 10. The zero-order valence-corrected chi connectivity index (χ0v) is 49.6. The number of amides is 1. The van der Waals surface area contributed by atoms with Crippen molar-refractivity contribution in [1.29, 1.82) is 0 Å². The molecule has 1 fully saturated rings. The topological polar surface area (TPSA) is 175 Å². The van der Waals surface area contributed by atoms with Crippen molar-refractivity contribution >= 4 is 11.9 Å². The molecule has 0 aliphatic carbocycles. The van der Waals surface area contributed by atoms with Crippen LogP contribution in [0.3, 0.4) is 0 Å². The van der Waals surface area contributed by atoms with E-state index in [-0.39, 0.29) is 19.4 Å². The lowest BCUT2D eigenvalue weighted by Crippen LogP contribution is -2.61. The highest BCUT2D eigenvalue weighted by Crippen LogP contribution is 2.26.